The highest BCUT2D eigenvalue weighted by atomic mass is 32.2. The Kier molecular flexibility index (Phi) is 7.94. The van der Waals surface area contributed by atoms with Crippen molar-refractivity contribution < 1.29 is 19.4 Å². The number of ether oxygens (including phenoxy) is 1. The number of thioether (sulfide) groups is 1. The fourth-order valence-electron chi connectivity index (χ4n) is 1.06. The molecule has 3 N–H and O–H groups in total. The van der Waals surface area contributed by atoms with Crippen LogP contribution in [0.4, 0.5) is 0 Å². The van der Waals surface area contributed by atoms with Crippen LogP contribution in [0.5, 0.6) is 0 Å². The molecule has 0 bridgehead atoms. The number of amides is 2. The highest BCUT2D eigenvalue weighted by Crippen LogP contribution is 2.08. The van der Waals surface area contributed by atoms with E-state index >= 15 is 0 Å². The van der Waals surface area contributed by atoms with Gasteiger partial charge in [0.25, 0.3) is 0 Å². The molecule has 100 valence electrons. The van der Waals surface area contributed by atoms with Crippen molar-refractivity contribution in [2.75, 3.05) is 38.8 Å². The molecule has 1 atom stereocenters. The number of rotatable bonds is 7. The molecule has 0 aliphatic heterocycles. The van der Waals surface area contributed by atoms with E-state index in [9.17, 15) is 14.7 Å². The first-order valence-corrected chi connectivity index (χ1v) is 6.58. The minimum Gasteiger partial charge on any atom is -0.387 e. The molecule has 6 nitrogen and oxygen atoms in total. The summed E-state index contributed by atoms with van der Waals surface area (Å²) in [5.41, 5.74) is -1.01. The van der Waals surface area contributed by atoms with Crippen LogP contribution in [0, 0.1) is 0 Å². The average molecular weight is 264 g/mol. The van der Waals surface area contributed by atoms with E-state index in [-0.39, 0.29) is 13.1 Å². The van der Waals surface area contributed by atoms with Gasteiger partial charge in [0.15, 0.2) is 0 Å². The van der Waals surface area contributed by atoms with Gasteiger partial charge in [-0.3, -0.25) is 9.59 Å². The lowest BCUT2D eigenvalue weighted by molar-refractivity contribution is -0.139. The summed E-state index contributed by atoms with van der Waals surface area (Å²) in [6.07, 6.45) is 1.85. The normalized spacial score (nSPS) is 13.9. The minimum absolute atomic E-state index is 0.0460. The standard InChI is InChI=1S/C10H20N2O4S/c1-10(15,7-17-3)6-12-9(14)8(13)11-4-5-16-2/h15H,4-7H2,1-3H3,(H,11,13)(H,12,14). The summed E-state index contributed by atoms with van der Waals surface area (Å²) in [4.78, 5) is 22.5. The second kappa shape index (κ2) is 8.32. The Labute approximate surface area is 105 Å². The van der Waals surface area contributed by atoms with Gasteiger partial charge in [0.1, 0.15) is 0 Å². The van der Waals surface area contributed by atoms with Gasteiger partial charge < -0.3 is 20.5 Å². The van der Waals surface area contributed by atoms with Gasteiger partial charge in [-0.1, -0.05) is 0 Å². The van der Waals surface area contributed by atoms with Crippen LogP contribution in [-0.4, -0.2) is 61.3 Å². The van der Waals surface area contributed by atoms with Crippen molar-refractivity contribution >= 4 is 23.6 Å². The Balaban J connectivity index is 3.88. The van der Waals surface area contributed by atoms with Gasteiger partial charge in [-0.15, -0.1) is 0 Å². The Hall–Kier alpha value is -0.790. The average Bonchev–Trinajstić information content (AvgIpc) is 2.26. The molecule has 0 saturated heterocycles. The molecule has 0 saturated carbocycles. The Morgan fingerprint density at radius 1 is 1.35 bits per heavy atom. The summed E-state index contributed by atoms with van der Waals surface area (Å²) in [7, 11) is 1.51. The third-order valence-corrected chi connectivity index (χ3v) is 2.79. The van der Waals surface area contributed by atoms with E-state index in [1.54, 1.807) is 6.92 Å². The molecular weight excluding hydrogens is 244 g/mol. The lowest BCUT2D eigenvalue weighted by Crippen LogP contribution is -2.47. The lowest BCUT2D eigenvalue weighted by Gasteiger charge is -2.22. The van der Waals surface area contributed by atoms with E-state index in [0.29, 0.717) is 12.4 Å². The second-order valence-electron chi connectivity index (χ2n) is 3.86. The SMILES string of the molecule is COCCNC(=O)C(=O)NCC(C)(O)CSC. The predicted octanol–water partition coefficient (Wildman–Crippen LogP) is -1.02. The van der Waals surface area contributed by atoms with Crippen LogP contribution < -0.4 is 10.6 Å². The number of hydrogen-bond acceptors (Lipinski definition) is 5. The molecule has 2 amide bonds. The first-order chi connectivity index (χ1) is 7.93. The third-order valence-electron chi connectivity index (χ3n) is 1.88. The summed E-state index contributed by atoms with van der Waals surface area (Å²) in [6.45, 7) is 2.28. The molecule has 0 rings (SSSR count). The number of methoxy groups -OCH3 is 1. The first-order valence-electron chi connectivity index (χ1n) is 5.19. The van der Waals surface area contributed by atoms with Crippen LogP contribution >= 0.6 is 11.8 Å². The molecule has 0 aliphatic rings. The number of aliphatic hydroxyl groups is 1. The van der Waals surface area contributed by atoms with Crippen LogP contribution in [0.2, 0.25) is 0 Å². The van der Waals surface area contributed by atoms with E-state index in [4.69, 9.17) is 4.74 Å². The zero-order chi connectivity index (χ0) is 13.3. The van der Waals surface area contributed by atoms with Crippen LogP contribution in [0.15, 0.2) is 0 Å². The molecule has 0 aromatic carbocycles. The number of nitrogens with one attached hydrogen (secondary N) is 2. The monoisotopic (exact) mass is 264 g/mol. The molecule has 0 heterocycles. The highest BCUT2D eigenvalue weighted by Gasteiger charge is 2.22. The zero-order valence-corrected chi connectivity index (χ0v) is 11.2. The van der Waals surface area contributed by atoms with E-state index < -0.39 is 17.4 Å². The summed E-state index contributed by atoms with van der Waals surface area (Å²) >= 11 is 1.47. The van der Waals surface area contributed by atoms with Crippen LogP contribution in [0.25, 0.3) is 0 Å². The Morgan fingerprint density at radius 3 is 2.47 bits per heavy atom. The maximum Gasteiger partial charge on any atom is 0.309 e. The van der Waals surface area contributed by atoms with E-state index in [0.717, 1.165) is 0 Å². The number of carbonyl (C=O) groups is 2. The van der Waals surface area contributed by atoms with Gasteiger partial charge in [0.2, 0.25) is 0 Å². The molecule has 17 heavy (non-hydrogen) atoms. The van der Waals surface area contributed by atoms with Crippen molar-refractivity contribution in [1.29, 1.82) is 0 Å². The highest BCUT2D eigenvalue weighted by molar-refractivity contribution is 7.98. The van der Waals surface area contributed by atoms with Crippen LogP contribution in [0.1, 0.15) is 6.92 Å². The van der Waals surface area contributed by atoms with Crippen molar-refractivity contribution in [3.05, 3.63) is 0 Å². The maximum atomic E-state index is 11.3. The maximum absolute atomic E-state index is 11.3. The van der Waals surface area contributed by atoms with Crippen molar-refractivity contribution in [2.45, 2.75) is 12.5 Å². The molecule has 0 fully saturated rings. The van der Waals surface area contributed by atoms with Crippen LogP contribution in [0.3, 0.4) is 0 Å². The van der Waals surface area contributed by atoms with E-state index in [1.807, 2.05) is 6.26 Å². The lowest BCUT2D eigenvalue weighted by atomic mass is 10.1. The minimum atomic E-state index is -1.01. The van der Waals surface area contributed by atoms with Gasteiger partial charge in [-0.25, -0.2) is 0 Å². The Morgan fingerprint density at radius 2 is 1.94 bits per heavy atom. The fourth-order valence-corrected chi connectivity index (χ4v) is 1.78. The van der Waals surface area contributed by atoms with Crippen molar-refractivity contribution in [3.8, 4) is 0 Å². The first kappa shape index (κ1) is 16.2. The third kappa shape index (κ3) is 8.00. The predicted molar refractivity (Wildman–Crippen MR) is 66.9 cm³/mol. The smallest absolute Gasteiger partial charge is 0.309 e. The number of hydrogen-bond donors (Lipinski definition) is 3. The second-order valence-corrected chi connectivity index (χ2v) is 4.73. The molecule has 0 aliphatic carbocycles. The fraction of sp³-hybridized carbons (Fsp3) is 0.800. The summed E-state index contributed by atoms with van der Waals surface area (Å²) < 4.78 is 4.73. The summed E-state index contributed by atoms with van der Waals surface area (Å²) in [5.74, 6) is -0.983. The van der Waals surface area contributed by atoms with E-state index in [2.05, 4.69) is 10.6 Å². The zero-order valence-electron chi connectivity index (χ0n) is 10.4. The quantitative estimate of drug-likeness (QED) is 0.405. The van der Waals surface area contributed by atoms with Gasteiger partial charge in [0, 0.05) is 26.0 Å². The van der Waals surface area contributed by atoms with Crippen molar-refractivity contribution in [2.24, 2.45) is 0 Å². The molecule has 1 unspecified atom stereocenters. The molecule has 7 heteroatoms. The molecule has 0 aromatic rings. The topological polar surface area (TPSA) is 87.7 Å². The van der Waals surface area contributed by atoms with Gasteiger partial charge in [-0.05, 0) is 13.2 Å². The molecule has 0 radical (unpaired) electrons. The molecule has 0 aromatic heterocycles. The van der Waals surface area contributed by atoms with Crippen LogP contribution in [-0.2, 0) is 14.3 Å². The largest absolute Gasteiger partial charge is 0.387 e. The Bertz CT molecular complexity index is 259. The van der Waals surface area contributed by atoms with Crippen molar-refractivity contribution in [3.63, 3.8) is 0 Å². The number of carbonyl (C=O) groups excluding carboxylic acids is 2. The van der Waals surface area contributed by atoms with Gasteiger partial charge in [0.05, 0.1) is 12.2 Å². The molecule has 0 spiro atoms. The van der Waals surface area contributed by atoms with Gasteiger partial charge >= 0.3 is 11.8 Å². The van der Waals surface area contributed by atoms with E-state index in [1.165, 1.54) is 18.9 Å². The van der Waals surface area contributed by atoms with Crippen molar-refractivity contribution in [1.82, 2.24) is 10.6 Å². The summed E-state index contributed by atoms with van der Waals surface area (Å²) in [5, 5.41) is 14.5. The molecular formula is C10H20N2O4S. The summed E-state index contributed by atoms with van der Waals surface area (Å²) in [6, 6.07) is 0. The van der Waals surface area contributed by atoms with Gasteiger partial charge in [-0.2, -0.15) is 11.8 Å².